The van der Waals surface area contributed by atoms with Gasteiger partial charge in [0.15, 0.2) is 0 Å². The first-order valence-corrected chi connectivity index (χ1v) is 5.49. The molecule has 0 amide bonds. The first kappa shape index (κ1) is 12.5. The van der Waals surface area contributed by atoms with Gasteiger partial charge in [0.2, 0.25) is 0 Å². The fourth-order valence-electron chi connectivity index (χ4n) is 1.73. The summed E-state index contributed by atoms with van der Waals surface area (Å²) in [5.41, 5.74) is -0.436. The van der Waals surface area contributed by atoms with Crippen LogP contribution in [0.5, 0.6) is 0 Å². The molecule has 0 aliphatic carbocycles. The molecule has 2 atom stereocenters. The Labute approximate surface area is 91.0 Å². The van der Waals surface area contributed by atoms with E-state index >= 15 is 0 Å². The molecule has 4 nitrogen and oxygen atoms in total. The monoisotopic (exact) mass is 215 g/mol. The van der Waals surface area contributed by atoms with Crippen LogP contribution >= 0.6 is 0 Å². The Hall–Kier alpha value is -0.610. The third-order valence-electron chi connectivity index (χ3n) is 2.44. The number of hydrogen-bond donors (Lipinski definition) is 2. The van der Waals surface area contributed by atoms with Crippen LogP contribution in [-0.2, 0) is 9.53 Å². The summed E-state index contributed by atoms with van der Waals surface area (Å²) in [6.45, 7) is 7.00. The molecular weight excluding hydrogens is 194 g/mol. The number of hydrogen-bond acceptors (Lipinski definition) is 4. The highest BCUT2D eigenvalue weighted by Gasteiger charge is 2.27. The smallest absolute Gasteiger partial charge is 0.306 e. The van der Waals surface area contributed by atoms with Gasteiger partial charge in [0.1, 0.15) is 5.60 Å². The van der Waals surface area contributed by atoms with Crippen molar-refractivity contribution in [2.24, 2.45) is 5.92 Å². The van der Waals surface area contributed by atoms with Gasteiger partial charge in [0.25, 0.3) is 0 Å². The molecule has 1 fully saturated rings. The Balaban J connectivity index is 2.36. The molecule has 0 spiro atoms. The zero-order chi connectivity index (χ0) is 11.5. The van der Waals surface area contributed by atoms with Gasteiger partial charge in [-0.2, -0.15) is 0 Å². The molecule has 88 valence electrons. The summed E-state index contributed by atoms with van der Waals surface area (Å²) in [5, 5.41) is 12.7. The van der Waals surface area contributed by atoms with Gasteiger partial charge < -0.3 is 15.2 Å². The van der Waals surface area contributed by atoms with Gasteiger partial charge >= 0.3 is 5.97 Å². The van der Waals surface area contributed by atoms with E-state index in [-0.39, 0.29) is 11.9 Å². The molecule has 1 rings (SSSR count). The summed E-state index contributed by atoms with van der Waals surface area (Å²) in [4.78, 5) is 11.5. The highest BCUT2D eigenvalue weighted by Crippen LogP contribution is 2.19. The van der Waals surface area contributed by atoms with Crippen LogP contribution < -0.4 is 5.32 Å². The molecule has 0 aromatic rings. The first-order valence-electron chi connectivity index (χ1n) is 5.49. The van der Waals surface area contributed by atoms with E-state index in [1.165, 1.54) is 0 Å². The lowest BCUT2D eigenvalue weighted by Gasteiger charge is -2.28. The highest BCUT2D eigenvalue weighted by atomic mass is 16.6. The zero-order valence-electron chi connectivity index (χ0n) is 9.75. The third kappa shape index (κ3) is 4.62. The van der Waals surface area contributed by atoms with Crippen LogP contribution in [0, 0.1) is 5.92 Å². The number of nitrogens with one attached hydrogen (secondary N) is 1. The van der Waals surface area contributed by atoms with Gasteiger partial charge in [-0.3, -0.25) is 4.79 Å². The molecule has 0 unspecified atom stereocenters. The molecule has 4 heteroatoms. The van der Waals surface area contributed by atoms with Gasteiger partial charge in [-0.25, -0.2) is 0 Å². The van der Waals surface area contributed by atoms with Crippen molar-refractivity contribution < 1.29 is 14.6 Å². The van der Waals surface area contributed by atoms with Crippen molar-refractivity contribution in [2.45, 2.75) is 45.3 Å². The van der Waals surface area contributed by atoms with Crippen LogP contribution in [0.2, 0.25) is 0 Å². The lowest BCUT2D eigenvalue weighted by atomic mass is 9.92. The quantitative estimate of drug-likeness (QED) is 0.665. The summed E-state index contributed by atoms with van der Waals surface area (Å²) in [6, 6.07) is 0. The molecule has 1 aliphatic heterocycles. The molecule has 1 saturated heterocycles. The number of esters is 1. The summed E-state index contributed by atoms with van der Waals surface area (Å²) in [6.07, 6.45) is 0.729. The van der Waals surface area contributed by atoms with Crippen molar-refractivity contribution in [1.82, 2.24) is 5.32 Å². The maximum Gasteiger partial charge on any atom is 0.306 e. The van der Waals surface area contributed by atoms with Crippen LogP contribution in [0.4, 0.5) is 0 Å². The minimum Gasteiger partial charge on any atom is -0.460 e. The van der Waals surface area contributed by atoms with E-state index in [9.17, 15) is 9.90 Å². The molecule has 0 radical (unpaired) electrons. The van der Waals surface area contributed by atoms with Gasteiger partial charge in [-0.15, -0.1) is 0 Å². The van der Waals surface area contributed by atoms with Crippen molar-refractivity contribution in [3.63, 3.8) is 0 Å². The number of ether oxygens (including phenoxy) is 1. The number of carbonyl (C=O) groups excluding carboxylic acids is 1. The van der Waals surface area contributed by atoms with Crippen molar-refractivity contribution in [2.75, 3.05) is 13.1 Å². The Kier molecular flexibility index (Phi) is 4.11. The van der Waals surface area contributed by atoms with Gasteiger partial charge in [-0.1, -0.05) is 0 Å². The summed E-state index contributed by atoms with van der Waals surface area (Å²) >= 11 is 0. The first-order chi connectivity index (χ1) is 6.88. The van der Waals surface area contributed by atoms with Crippen molar-refractivity contribution in [3.8, 4) is 0 Å². The standard InChI is InChI=1S/C11H21NO3/c1-11(2,3)15-10(14)6-8-4-5-12-7-9(8)13/h8-9,12-13H,4-7H2,1-3H3/t8-,9+/m1/s1. The summed E-state index contributed by atoms with van der Waals surface area (Å²) in [7, 11) is 0. The topological polar surface area (TPSA) is 58.6 Å². The minimum absolute atomic E-state index is 0.0427. The van der Waals surface area contributed by atoms with Gasteiger partial charge in [0.05, 0.1) is 12.5 Å². The van der Waals surface area contributed by atoms with Crippen LogP contribution in [0.25, 0.3) is 0 Å². The Morgan fingerprint density at radius 2 is 2.20 bits per heavy atom. The molecule has 1 aliphatic rings. The predicted octanol–water partition coefficient (Wildman–Crippen LogP) is 0.689. The average molecular weight is 215 g/mol. The van der Waals surface area contributed by atoms with E-state index in [1.807, 2.05) is 20.8 Å². The second kappa shape index (κ2) is 4.94. The van der Waals surface area contributed by atoms with E-state index in [4.69, 9.17) is 4.74 Å². The molecule has 1 heterocycles. The number of aliphatic hydroxyl groups excluding tert-OH is 1. The molecule has 15 heavy (non-hydrogen) atoms. The van der Waals surface area contributed by atoms with E-state index in [0.29, 0.717) is 13.0 Å². The SMILES string of the molecule is CC(C)(C)OC(=O)C[C@H]1CCNC[C@@H]1O. The largest absolute Gasteiger partial charge is 0.460 e. The van der Waals surface area contributed by atoms with Crippen LogP contribution in [0.1, 0.15) is 33.6 Å². The number of β-amino-alcohol motifs (C(OH)–C–C–N with tert-alkyl or cyclic N) is 1. The molecule has 2 N–H and O–H groups in total. The Bertz CT molecular complexity index is 222. The fourth-order valence-corrected chi connectivity index (χ4v) is 1.73. The van der Waals surface area contributed by atoms with Crippen molar-refractivity contribution >= 4 is 5.97 Å². The number of piperidine rings is 1. The van der Waals surface area contributed by atoms with E-state index in [0.717, 1.165) is 13.0 Å². The van der Waals surface area contributed by atoms with Gasteiger partial charge in [0, 0.05) is 6.54 Å². The lowest BCUT2D eigenvalue weighted by Crippen LogP contribution is -2.41. The molecular formula is C11H21NO3. The maximum absolute atomic E-state index is 11.5. The Morgan fingerprint density at radius 1 is 1.53 bits per heavy atom. The maximum atomic E-state index is 11.5. The lowest BCUT2D eigenvalue weighted by molar-refractivity contribution is -0.157. The van der Waals surface area contributed by atoms with E-state index in [1.54, 1.807) is 0 Å². The molecule has 0 aromatic heterocycles. The average Bonchev–Trinajstić information content (AvgIpc) is 2.05. The predicted molar refractivity (Wildman–Crippen MR) is 57.4 cm³/mol. The highest BCUT2D eigenvalue weighted by molar-refractivity contribution is 5.70. The van der Waals surface area contributed by atoms with E-state index in [2.05, 4.69) is 5.32 Å². The summed E-state index contributed by atoms with van der Waals surface area (Å²) < 4.78 is 5.22. The molecule has 0 aromatic carbocycles. The second-order valence-corrected chi connectivity index (χ2v) is 5.11. The van der Waals surface area contributed by atoms with Crippen molar-refractivity contribution in [1.29, 1.82) is 0 Å². The van der Waals surface area contributed by atoms with Crippen LogP contribution in [0.3, 0.4) is 0 Å². The van der Waals surface area contributed by atoms with E-state index < -0.39 is 11.7 Å². The number of aliphatic hydroxyl groups is 1. The van der Waals surface area contributed by atoms with Crippen LogP contribution in [-0.4, -0.2) is 35.9 Å². The Morgan fingerprint density at radius 3 is 2.73 bits per heavy atom. The molecule has 0 bridgehead atoms. The molecule has 0 saturated carbocycles. The van der Waals surface area contributed by atoms with Crippen molar-refractivity contribution in [3.05, 3.63) is 0 Å². The number of rotatable bonds is 2. The van der Waals surface area contributed by atoms with Gasteiger partial charge in [-0.05, 0) is 39.7 Å². The second-order valence-electron chi connectivity index (χ2n) is 5.11. The zero-order valence-corrected chi connectivity index (χ0v) is 9.75. The number of carbonyl (C=O) groups is 1. The third-order valence-corrected chi connectivity index (χ3v) is 2.44. The summed E-state index contributed by atoms with van der Waals surface area (Å²) in [5.74, 6) is -0.172. The fraction of sp³-hybridized carbons (Fsp3) is 0.909. The van der Waals surface area contributed by atoms with Crippen LogP contribution in [0.15, 0.2) is 0 Å². The minimum atomic E-state index is -0.436. The normalized spacial score (nSPS) is 27.5.